The predicted octanol–water partition coefficient (Wildman–Crippen LogP) is 3.01. The molecule has 0 bridgehead atoms. The highest BCUT2D eigenvalue weighted by atomic mass is 16.5. The third-order valence-electron chi connectivity index (χ3n) is 3.45. The van der Waals surface area contributed by atoms with E-state index in [0.717, 1.165) is 12.8 Å². The Balaban J connectivity index is 2.63. The van der Waals surface area contributed by atoms with E-state index in [-0.39, 0.29) is 12.1 Å². The second-order valence-electron chi connectivity index (χ2n) is 5.14. The van der Waals surface area contributed by atoms with Gasteiger partial charge in [0.25, 0.3) is 0 Å². The fourth-order valence-electron chi connectivity index (χ4n) is 2.52. The van der Waals surface area contributed by atoms with Gasteiger partial charge in [-0.3, -0.25) is 0 Å². The van der Waals surface area contributed by atoms with Crippen LogP contribution in [0.25, 0.3) is 0 Å². The van der Waals surface area contributed by atoms with Crippen molar-refractivity contribution in [1.29, 1.82) is 0 Å². The first-order valence-corrected chi connectivity index (χ1v) is 6.18. The topological polar surface area (TPSA) is 26.3 Å². The van der Waals surface area contributed by atoms with E-state index < -0.39 is 0 Å². The lowest BCUT2D eigenvalue weighted by Gasteiger charge is -2.36. The number of hydrogen-bond acceptors (Lipinski definition) is 2. The Hall–Kier alpha value is -0.970. The third kappa shape index (κ3) is 3.56. The fraction of sp³-hybridized carbons (Fsp3) is 0.786. The minimum absolute atomic E-state index is 0.0668. The van der Waals surface area contributed by atoms with E-state index in [1.165, 1.54) is 6.42 Å². The molecule has 1 saturated carbocycles. The molecule has 3 atom stereocenters. The van der Waals surface area contributed by atoms with Gasteiger partial charge < -0.3 is 4.74 Å². The second-order valence-corrected chi connectivity index (χ2v) is 5.14. The van der Waals surface area contributed by atoms with Crippen LogP contribution in [0.1, 0.15) is 47.0 Å². The molecule has 0 aromatic rings. The maximum atomic E-state index is 11.4. The molecule has 1 aliphatic rings. The summed E-state index contributed by atoms with van der Waals surface area (Å²) in [7, 11) is 0. The monoisotopic (exact) mass is 222 g/mol. The van der Waals surface area contributed by atoms with Crippen LogP contribution >= 0.6 is 0 Å². The van der Waals surface area contributed by atoms with Crippen LogP contribution in [0.2, 0.25) is 0 Å². The Morgan fingerprint density at radius 2 is 2.06 bits per heavy atom. The van der Waals surface area contributed by atoms with Gasteiger partial charge >= 0.3 is 5.97 Å². The molecule has 1 aliphatic carbocycles. The van der Waals surface area contributed by atoms with E-state index in [4.69, 9.17) is 4.74 Å². The molecule has 0 N–H and O–H groups in total. The van der Waals surface area contributed by atoms with Crippen LogP contribution in [-0.4, -0.2) is 12.1 Å². The molecule has 0 aromatic heterocycles. The molecule has 1 fully saturated rings. The lowest BCUT2D eigenvalue weighted by Crippen LogP contribution is -2.35. The van der Waals surface area contributed by atoms with Crippen molar-refractivity contribution in [2.24, 2.45) is 17.8 Å². The number of esters is 1. The molecule has 0 radical (unpaired) electrons. The lowest BCUT2D eigenvalue weighted by atomic mass is 9.75. The van der Waals surface area contributed by atoms with Gasteiger partial charge in [0.1, 0.15) is 6.10 Å². The molecule has 0 unspecified atom stereocenters. The lowest BCUT2D eigenvalue weighted by molar-refractivity contribution is -0.148. The highest BCUT2D eigenvalue weighted by molar-refractivity contribution is 5.88. The summed E-state index contributed by atoms with van der Waals surface area (Å²) in [5, 5.41) is 0. The number of hydrogen-bond donors (Lipinski definition) is 0. The minimum atomic E-state index is -0.368. The van der Waals surface area contributed by atoms with Gasteiger partial charge in [-0.25, -0.2) is 4.79 Å². The first kappa shape index (κ1) is 13.1. The van der Waals surface area contributed by atoms with Crippen molar-refractivity contribution < 1.29 is 9.53 Å². The standard InChI is InChI=1S/C14H22O2/c1-5-6-14(15)16-13-9-11(4)7-8-12(13)10(2)3/h10-13H,7-9H2,1-4H3/t11-,12+,13-/m0/s1. The number of ether oxygens (including phenoxy) is 1. The van der Waals surface area contributed by atoms with Gasteiger partial charge in [-0.15, -0.1) is 0 Å². The summed E-state index contributed by atoms with van der Waals surface area (Å²) in [4.78, 5) is 11.4. The molecule has 0 amide bonds. The summed E-state index contributed by atoms with van der Waals surface area (Å²) in [6.07, 6.45) is 3.46. The highest BCUT2D eigenvalue weighted by Crippen LogP contribution is 2.35. The minimum Gasteiger partial charge on any atom is -0.452 e. The van der Waals surface area contributed by atoms with Crippen molar-refractivity contribution in [1.82, 2.24) is 0 Å². The summed E-state index contributed by atoms with van der Waals surface area (Å²) in [6, 6.07) is 0. The van der Waals surface area contributed by atoms with Crippen molar-refractivity contribution in [2.45, 2.75) is 53.1 Å². The second kappa shape index (κ2) is 5.94. The Kier molecular flexibility index (Phi) is 4.86. The van der Waals surface area contributed by atoms with Gasteiger partial charge in [-0.1, -0.05) is 33.1 Å². The first-order chi connectivity index (χ1) is 7.54. The van der Waals surface area contributed by atoms with Gasteiger partial charge in [0.2, 0.25) is 0 Å². The highest BCUT2D eigenvalue weighted by Gasteiger charge is 2.32. The molecule has 2 nitrogen and oxygen atoms in total. The molecule has 90 valence electrons. The molecular formula is C14H22O2. The van der Waals surface area contributed by atoms with Crippen LogP contribution < -0.4 is 0 Å². The van der Waals surface area contributed by atoms with Gasteiger partial charge in [0.05, 0.1) is 0 Å². The normalized spacial score (nSPS) is 29.4. The van der Waals surface area contributed by atoms with Crippen LogP contribution in [-0.2, 0) is 9.53 Å². The smallest absolute Gasteiger partial charge is 0.384 e. The quantitative estimate of drug-likeness (QED) is 0.408. The molecule has 0 aliphatic heterocycles. The van der Waals surface area contributed by atoms with Crippen LogP contribution in [0.4, 0.5) is 0 Å². The van der Waals surface area contributed by atoms with Gasteiger partial charge in [0.15, 0.2) is 0 Å². The molecule has 2 heteroatoms. The predicted molar refractivity (Wildman–Crippen MR) is 64.7 cm³/mol. The van der Waals surface area contributed by atoms with E-state index in [1.807, 2.05) is 0 Å². The number of carbonyl (C=O) groups excluding carboxylic acids is 1. The van der Waals surface area contributed by atoms with E-state index in [0.29, 0.717) is 17.8 Å². The number of rotatable bonds is 2. The zero-order chi connectivity index (χ0) is 12.1. The first-order valence-electron chi connectivity index (χ1n) is 6.18. The zero-order valence-corrected chi connectivity index (χ0v) is 10.7. The Morgan fingerprint density at radius 3 is 2.62 bits per heavy atom. The molecule has 0 heterocycles. The molecular weight excluding hydrogens is 200 g/mol. The van der Waals surface area contributed by atoms with Crippen molar-refractivity contribution in [3.05, 3.63) is 0 Å². The van der Waals surface area contributed by atoms with E-state index in [2.05, 4.69) is 32.6 Å². The summed E-state index contributed by atoms with van der Waals surface area (Å²) >= 11 is 0. The van der Waals surface area contributed by atoms with Crippen molar-refractivity contribution in [3.63, 3.8) is 0 Å². The molecule has 0 aromatic carbocycles. The van der Waals surface area contributed by atoms with Gasteiger partial charge in [-0.05, 0) is 37.5 Å². The average molecular weight is 222 g/mol. The Bertz CT molecular complexity index is 296. The van der Waals surface area contributed by atoms with Crippen molar-refractivity contribution in [3.8, 4) is 11.8 Å². The van der Waals surface area contributed by atoms with E-state index in [9.17, 15) is 4.79 Å². The zero-order valence-electron chi connectivity index (χ0n) is 10.7. The fourth-order valence-corrected chi connectivity index (χ4v) is 2.52. The summed E-state index contributed by atoms with van der Waals surface area (Å²) in [5.74, 6) is 6.40. The maximum Gasteiger partial charge on any atom is 0.384 e. The van der Waals surface area contributed by atoms with Crippen LogP contribution in [0.15, 0.2) is 0 Å². The van der Waals surface area contributed by atoms with Crippen LogP contribution in [0.5, 0.6) is 0 Å². The van der Waals surface area contributed by atoms with Crippen molar-refractivity contribution in [2.75, 3.05) is 0 Å². The largest absolute Gasteiger partial charge is 0.452 e. The maximum absolute atomic E-state index is 11.4. The van der Waals surface area contributed by atoms with Crippen LogP contribution in [0.3, 0.4) is 0 Å². The molecule has 16 heavy (non-hydrogen) atoms. The van der Waals surface area contributed by atoms with Crippen LogP contribution in [0, 0.1) is 29.6 Å². The summed E-state index contributed by atoms with van der Waals surface area (Å²) in [5.41, 5.74) is 0. The average Bonchev–Trinajstić information content (AvgIpc) is 2.17. The Labute approximate surface area is 98.8 Å². The van der Waals surface area contributed by atoms with Gasteiger partial charge in [-0.2, -0.15) is 0 Å². The summed E-state index contributed by atoms with van der Waals surface area (Å²) < 4.78 is 5.46. The SMILES string of the molecule is CC#CC(=O)O[C@H]1C[C@@H](C)CC[C@@H]1C(C)C. The van der Waals surface area contributed by atoms with Crippen molar-refractivity contribution >= 4 is 5.97 Å². The molecule has 0 saturated heterocycles. The van der Waals surface area contributed by atoms with Gasteiger partial charge in [0, 0.05) is 5.92 Å². The molecule has 0 spiro atoms. The molecule has 1 rings (SSSR count). The number of carbonyl (C=O) groups is 1. The third-order valence-corrected chi connectivity index (χ3v) is 3.45. The Morgan fingerprint density at radius 1 is 1.38 bits per heavy atom. The van der Waals surface area contributed by atoms with E-state index >= 15 is 0 Å². The summed E-state index contributed by atoms with van der Waals surface area (Å²) in [6.45, 7) is 8.29. The van der Waals surface area contributed by atoms with E-state index in [1.54, 1.807) is 6.92 Å².